The highest BCUT2D eigenvalue weighted by Gasteiger charge is 2.39. The lowest BCUT2D eigenvalue weighted by Crippen LogP contribution is -2.55. The van der Waals surface area contributed by atoms with E-state index in [1.165, 1.54) is 36.0 Å². The first-order valence-corrected chi connectivity index (χ1v) is 13.4. The number of nitrogens with one attached hydrogen (secondary N) is 2. The molecule has 2 aromatic heterocycles. The lowest BCUT2D eigenvalue weighted by atomic mass is 10.0. The standard InChI is InChI=1S/C26H25N3O6S2/c1-26(2,36-22-11-14-27-15-12-22)24(25(30)28-31)29-37(32,33)23-9-7-21(8-10-23)35-20-5-3-18(4-6-20)19-13-16-34-17-19/h3-17,24,29,31H,1-2H3,(H,28,30)/t24-/m1/s1. The first kappa shape index (κ1) is 26.4. The third-order valence-electron chi connectivity index (χ3n) is 5.45. The van der Waals surface area contributed by atoms with Crippen LogP contribution in [0.4, 0.5) is 0 Å². The van der Waals surface area contributed by atoms with E-state index < -0.39 is 26.7 Å². The topological polar surface area (TPSA) is 131 Å². The van der Waals surface area contributed by atoms with Crippen LogP contribution in [0.1, 0.15) is 13.8 Å². The number of ether oxygens (including phenoxy) is 1. The highest BCUT2D eigenvalue weighted by Crippen LogP contribution is 2.36. The summed E-state index contributed by atoms with van der Waals surface area (Å²) < 4.78 is 38.7. The molecule has 1 amide bonds. The average Bonchev–Trinajstić information content (AvgIpc) is 3.43. The summed E-state index contributed by atoms with van der Waals surface area (Å²) in [7, 11) is -4.12. The third kappa shape index (κ3) is 6.57. The van der Waals surface area contributed by atoms with Crippen molar-refractivity contribution in [2.45, 2.75) is 34.4 Å². The van der Waals surface area contributed by atoms with E-state index in [1.54, 1.807) is 68.5 Å². The van der Waals surface area contributed by atoms with Crippen LogP contribution in [0.25, 0.3) is 11.1 Å². The van der Waals surface area contributed by atoms with Gasteiger partial charge in [-0.1, -0.05) is 12.1 Å². The van der Waals surface area contributed by atoms with Gasteiger partial charge in [-0.05, 0) is 74.0 Å². The van der Waals surface area contributed by atoms with Crippen molar-refractivity contribution in [2.24, 2.45) is 0 Å². The Bertz CT molecular complexity index is 1420. The molecule has 4 rings (SSSR count). The van der Waals surface area contributed by atoms with E-state index in [2.05, 4.69) is 9.71 Å². The number of rotatable bonds is 10. The van der Waals surface area contributed by atoms with Gasteiger partial charge in [-0.15, -0.1) is 11.8 Å². The Morgan fingerprint density at radius 2 is 1.59 bits per heavy atom. The third-order valence-corrected chi connectivity index (χ3v) is 8.16. The number of hydrogen-bond acceptors (Lipinski definition) is 8. The molecule has 3 N–H and O–H groups in total. The van der Waals surface area contributed by atoms with Crippen molar-refractivity contribution in [1.29, 1.82) is 0 Å². The maximum absolute atomic E-state index is 13.1. The Labute approximate surface area is 218 Å². The molecule has 0 aliphatic carbocycles. The maximum atomic E-state index is 13.1. The summed E-state index contributed by atoms with van der Waals surface area (Å²) in [4.78, 5) is 17.2. The van der Waals surface area contributed by atoms with Gasteiger partial charge in [-0.2, -0.15) is 4.72 Å². The second-order valence-electron chi connectivity index (χ2n) is 8.53. The fourth-order valence-electron chi connectivity index (χ4n) is 3.53. The molecular formula is C26H25N3O6S2. The van der Waals surface area contributed by atoms with Gasteiger partial charge in [0.15, 0.2) is 0 Å². The zero-order valence-corrected chi connectivity index (χ0v) is 21.6. The van der Waals surface area contributed by atoms with Crippen LogP contribution in [-0.2, 0) is 14.8 Å². The lowest BCUT2D eigenvalue weighted by molar-refractivity contribution is -0.131. The van der Waals surface area contributed by atoms with Crippen LogP contribution in [0, 0.1) is 0 Å². The molecule has 1 atom stereocenters. The Kier molecular flexibility index (Phi) is 7.98. The summed E-state index contributed by atoms with van der Waals surface area (Å²) >= 11 is 1.27. The van der Waals surface area contributed by atoms with Crippen LogP contribution in [0.3, 0.4) is 0 Å². The molecule has 0 aliphatic heterocycles. The number of nitrogens with zero attached hydrogens (tertiary/aromatic N) is 1. The van der Waals surface area contributed by atoms with Gasteiger partial charge in [0.25, 0.3) is 5.91 Å². The second-order valence-corrected chi connectivity index (χ2v) is 12.0. The maximum Gasteiger partial charge on any atom is 0.262 e. The summed E-state index contributed by atoms with van der Waals surface area (Å²) in [5.41, 5.74) is 3.48. The molecule has 0 unspecified atom stereocenters. The van der Waals surface area contributed by atoms with E-state index in [4.69, 9.17) is 9.15 Å². The average molecular weight is 540 g/mol. The molecule has 0 spiro atoms. The lowest BCUT2D eigenvalue weighted by Gasteiger charge is -2.32. The molecule has 2 aromatic carbocycles. The first-order valence-electron chi connectivity index (χ1n) is 11.1. The van der Waals surface area contributed by atoms with E-state index in [0.29, 0.717) is 11.5 Å². The van der Waals surface area contributed by atoms with Gasteiger partial charge >= 0.3 is 0 Å². The predicted octanol–water partition coefficient (Wildman–Crippen LogP) is 4.86. The summed E-state index contributed by atoms with van der Waals surface area (Å²) in [6.45, 7) is 3.41. The number of carbonyl (C=O) groups excluding carboxylic acids is 1. The van der Waals surface area contributed by atoms with Crippen molar-refractivity contribution < 1.29 is 27.6 Å². The van der Waals surface area contributed by atoms with Crippen LogP contribution >= 0.6 is 11.8 Å². The molecule has 11 heteroatoms. The van der Waals surface area contributed by atoms with Crippen LogP contribution < -0.4 is 14.9 Å². The Morgan fingerprint density at radius 3 is 2.16 bits per heavy atom. The quantitative estimate of drug-likeness (QED) is 0.148. The van der Waals surface area contributed by atoms with E-state index in [-0.39, 0.29) is 4.90 Å². The van der Waals surface area contributed by atoms with Gasteiger partial charge in [0.2, 0.25) is 10.0 Å². The van der Waals surface area contributed by atoms with Crippen LogP contribution in [0.5, 0.6) is 11.5 Å². The molecule has 2 heterocycles. The van der Waals surface area contributed by atoms with Crippen molar-refractivity contribution in [3.63, 3.8) is 0 Å². The number of aromatic nitrogens is 1. The smallest absolute Gasteiger partial charge is 0.262 e. The van der Waals surface area contributed by atoms with Gasteiger partial charge in [-0.25, -0.2) is 13.9 Å². The molecule has 4 aromatic rings. The molecule has 0 saturated carbocycles. The fraction of sp³-hybridized carbons (Fsp3) is 0.154. The molecule has 9 nitrogen and oxygen atoms in total. The molecule has 37 heavy (non-hydrogen) atoms. The predicted molar refractivity (Wildman–Crippen MR) is 139 cm³/mol. The van der Waals surface area contributed by atoms with Crippen LogP contribution in [-0.4, -0.2) is 35.3 Å². The Hall–Kier alpha value is -3.64. The molecule has 0 radical (unpaired) electrons. The van der Waals surface area contributed by atoms with Crippen molar-refractivity contribution in [2.75, 3.05) is 0 Å². The number of hydrogen-bond donors (Lipinski definition) is 3. The van der Waals surface area contributed by atoms with Gasteiger partial charge in [0.05, 0.1) is 17.4 Å². The molecule has 0 bridgehead atoms. The number of thioether (sulfide) groups is 1. The minimum Gasteiger partial charge on any atom is -0.472 e. The van der Waals surface area contributed by atoms with Crippen molar-refractivity contribution in [3.8, 4) is 22.6 Å². The second kappa shape index (κ2) is 11.2. The molecular weight excluding hydrogens is 514 g/mol. The first-order chi connectivity index (χ1) is 17.7. The molecule has 0 fully saturated rings. The summed E-state index contributed by atoms with van der Waals surface area (Å²) in [5.74, 6) is 0.137. The van der Waals surface area contributed by atoms with Crippen LogP contribution in [0.15, 0.2) is 106 Å². The fourth-order valence-corrected chi connectivity index (χ4v) is 6.10. The number of furan rings is 1. The largest absolute Gasteiger partial charge is 0.472 e. The number of benzene rings is 2. The number of hydroxylamine groups is 1. The van der Waals surface area contributed by atoms with E-state index >= 15 is 0 Å². The van der Waals surface area contributed by atoms with Crippen molar-refractivity contribution >= 4 is 27.7 Å². The number of amides is 1. The number of sulfonamides is 1. The molecule has 0 aliphatic rings. The van der Waals surface area contributed by atoms with E-state index in [1.807, 2.05) is 18.2 Å². The minimum atomic E-state index is -4.12. The number of pyridine rings is 1. The Balaban J connectivity index is 1.47. The zero-order valence-electron chi connectivity index (χ0n) is 20.0. The van der Waals surface area contributed by atoms with Gasteiger partial charge in [-0.3, -0.25) is 15.0 Å². The normalized spacial score (nSPS) is 12.6. The monoisotopic (exact) mass is 539 g/mol. The van der Waals surface area contributed by atoms with E-state index in [9.17, 15) is 18.4 Å². The minimum absolute atomic E-state index is 0.0596. The van der Waals surface area contributed by atoms with Crippen LogP contribution in [0.2, 0.25) is 0 Å². The number of carbonyl (C=O) groups is 1. The summed E-state index contributed by atoms with van der Waals surface area (Å²) in [6.07, 6.45) is 6.45. The highest BCUT2D eigenvalue weighted by atomic mass is 32.2. The Morgan fingerprint density at radius 1 is 0.973 bits per heavy atom. The zero-order chi connectivity index (χ0) is 26.5. The van der Waals surface area contributed by atoms with Gasteiger partial charge in [0, 0.05) is 27.6 Å². The molecule has 192 valence electrons. The molecule has 0 saturated heterocycles. The summed E-state index contributed by atoms with van der Waals surface area (Å²) in [6, 6.07) is 17.3. The van der Waals surface area contributed by atoms with Crippen molar-refractivity contribution in [3.05, 3.63) is 91.7 Å². The van der Waals surface area contributed by atoms with E-state index in [0.717, 1.165) is 16.0 Å². The van der Waals surface area contributed by atoms with Gasteiger partial charge < -0.3 is 9.15 Å². The van der Waals surface area contributed by atoms with Crippen molar-refractivity contribution in [1.82, 2.24) is 15.2 Å². The summed E-state index contributed by atoms with van der Waals surface area (Å²) in [5, 5.41) is 9.27. The SMILES string of the molecule is CC(C)(Sc1ccncc1)[C@H](NS(=O)(=O)c1ccc(Oc2ccc(-c3ccoc3)cc2)cc1)C(=O)NO. The highest BCUT2D eigenvalue weighted by molar-refractivity contribution is 8.00. The van der Waals surface area contributed by atoms with Gasteiger partial charge in [0.1, 0.15) is 17.5 Å².